The van der Waals surface area contributed by atoms with Crippen LogP contribution in [-0.2, 0) is 6.42 Å². The molecule has 6 heteroatoms. The minimum absolute atomic E-state index is 0.384. The van der Waals surface area contributed by atoms with E-state index >= 15 is 0 Å². The second kappa shape index (κ2) is 5.07. The number of fused-ring (bicyclic) bond motifs is 1. The SMILES string of the molecule is CCc1c(-c2cccc3cc[nH]c23)[nH]c(=O)c(C(=O)O)c1O. The summed E-state index contributed by atoms with van der Waals surface area (Å²) in [4.78, 5) is 28.8. The van der Waals surface area contributed by atoms with Gasteiger partial charge in [-0.3, -0.25) is 4.79 Å². The maximum atomic E-state index is 12.0. The van der Waals surface area contributed by atoms with Crippen LogP contribution in [0.2, 0.25) is 0 Å². The second-order valence-electron chi connectivity index (χ2n) is 4.94. The summed E-state index contributed by atoms with van der Waals surface area (Å²) in [6.45, 7) is 1.79. The van der Waals surface area contributed by atoms with E-state index in [4.69, 9.17) is 5.11 Å². The molecular formula is C16H14N2O4. The van der Waals surface area contributed by atoms with Gasteiger partial charge < -0.3 is 20.2 Å². The Morgan fingerprint density at radius 1 is 1.27 bits per heavy atom. The Morgan fingerprint density at radius 2 is 2.05 bits per heavy atom. The summed E-state index contributed by atoms with van der Waals surface area (Å²) in [5.74, 6) is -1.92. The van der Waals surface area contributed by atoms with Crippen LogP contribution in [0.25, 0.3) is 22.2 Å². The fraction of sp³-hybridized carbons (Fsp3) is 0.125. The molecule has 6 nitrogen and oxygen atoms in total. The first-order valence-electron chi connectivity index (χ1n) is 6.82. The molecule has 0 radical (unpaired) electrons. The van der Waals surface area contributed by atoms with Gasteiger partial charge in [0.1, 0.15) is 5.75 Å². The lowest BCUT2D eigenvalue weighted by molar-refractivity contribution is 0.0691. The highest BCUT2D eigenvalue weighted by atomic mass is 16.4. The quantitative estimate of drug-likeness (QED) is 0.596. The van der Waals surface area contributed by atoms with Gasteiger partial charge in [-0.1, -0.05) is 25.1 Å². The Balaban J connectivity index is 2.39. The molecule has 0 saturated heterocycles. The summed E-state index contributed by atoms with van der Waals surface area (Å²) in [7, 11) is 0. The lowest BCUT2D eigenvalue weighted by Crippen LogP contribution is -2.20. The van der Waals surface area contributed by atoms with E-state index in [0.29, 0.717) is 23.2 Å². The van der Waals surface area contributed by atoms with Crippen molar-refractivity contribution in [2.45, 2.75) is 13.3 Å². The van der Waals surface area contributed by atoms with Crippen LogP contribution in [-0.4, -0.2) is 26.2 Å². The molecule has 22 heavy (non-hydrogen) atoms. The summed E-state index contributed by atoms with van der Waals surface area (Å²) < 4.78 is 0. The smallest absolute Gasteiger partial charge is 0.345 e. The number of rotatable bonds is 3. The molecule has 112 valence electrons. The van der Waals surface area contributed by atoms with Crippen LogP contribution in [0.1, 0.15) is 22.8 Å². The summed E-state index contributed by atoms with van der Waals surface area (Å²) in [6.07, 6.45) is 2.17. The molecule has 1 aromatic carbocycles. The Morgan fingerprint density at radius 3 is 2.73 bits per heavy atom. The van der Waals surface area contributed by atoms with Crippen molar-refractivity contribution in [1.29, 1.82) is 0 Å². The summed E-state index contributed by atoms with van der Waals surface area (Å²) in [6, 6.07) is 7.47. The zero-order chi connectivity index (χ0) is 15.9. The highest BCUT2D eigenvalue weighted by Gasteiger charge is 2.22. The predicted octanol–water partition coefficient (Wildman–Crippen LogP) is 2.49. The monoisotopic (exact) mass is 298 g/mol. The van der Waals surface area contributed by atoms with Gasteiger partial charge in [-0.2, -0.15) is 0 Å². The van der Waals surface area contributed by atoms with Crippen molar-refractivity contribution < 1.29 is 15.0 Å². The number of nitrogens with one attached hydrogen (secondary N) is 2. The van der Waals surface area contributed by atoms with Crippen LogP contribution in [0.4, 0.5) is 0 Å². The molecule has 2 aromatic heterocycles. The second-order valence-corrected chi connectivity index (χ2v) is 4.94. The first-order chi connectivity index (χ1) is 10.5. The highest BCUT2D eigenvalue weighted by Crippen LogP contribution is 2.33. The van der Waals surface area contributed by atoms with Gasteiger partial charge in [-0.05, 0) is 12.5 Å². The van der Waals surface area contributed by atoms with Crippen LogP contribution >= 0.6 is 0 Å². The van der Waals surface area contributed by atoms with Crippen LogP contribution < -0.4 is 5.56 Å². The Bertz CT molecular complexity index is 937. The largest absolute Gasteiger partial charge is 0.506 e. The molecule has 0 saturated carbocycles. The molecular weight excluding hydrogens is 284 g/mol. The van der Waals surface area contributed by atoms with Crippen molar-refractivity contribution in [2.75, 3.05) is 0 Å². The molecule has 3 rings (SSSR count). The average molecular weight is 298 g/mol. The van der Waals surface area contributed by atoms with E-state index in [-0.39, 0.29) is 0 Å². The molecule has 0 spiro atoms. The Kier molecular flexibility index (Phi) is 3.21. The van der Waals surface area contributed by atoms with E-state index in [2.05, 4.69) is 9.97 Å². The lowest BCUT2D eigenvalue weighted by Gasteiger charge is -2.12. The number of pyridine rings is 1. The molecule has 0 fully saturated rings. The van der Waals surface area contributed by atoms with Crippen LogP contribution in [0, 0.1) is 0 Å². The molecule has 2 heterocycles. The molecule has 3 aromatic rings. The molecule has 0 atom stereocenters. The maximum Gasteiger partial charge on any atom is 0.345 e. The van der Waals surface area contributed by atoms with Crippen LogP contribution in [0.5, 0.6) is 5.75 Å². The summed E-state index contributed by atoms with van der Waals surface area (Å²) >= 11 is 0. The van der Waals surface area contributed by atoms with Gasteiger partial charge in [0.25, 0.3) is 5.56 Å². The predicted molar refractivity (Wildman–Crippen MR) is 82.4 cm³/mol. The van der Waals surface area contributed by atoms with Crippen LogP contribution in [0.15, 0.2) is 35.3 Å². The van der Waals surface area contributed by atoms with E-state index < -0.39 is 22.8 Å². The summed E-state index contributed by atoms with van der Waals surface area (Å²) in [5, 5.41) is 20.2. The van der Waals surface area contributed by atoms with Gasteiger partial charge >= 0.3 is 5.97 Å². The zero-order valence-electron chi connectivity index (χ0n) is 11.8. The fourth-order valence-electron chi connectivity index (χ4n) is 2.69. The number of aromatic nitrogens is 2. The third kappa shape index (κ3) is 1.96. The van der Waals surface area contributed by atoms with Crippen molar-refractivity contribution in [1.82, 2.24) is 9.97 Å². The van der Waals surface area contributed by atoms with Crippen LogP contribution in [0.3, 0.4) is 0 Å². The van der Waals surface area contributed by atoms with E-state index in [1.165, 1.54) is 0 Å². The fourth-order valence-corrected chi connectivity index (χ4v) is 2.69. The number of aromatic amines is 2. The number of para-hydroxylation sites is 1. The molecule has 0 bridgehead atoms. The number of benzene rings is 1. The van der Waals surface area contributed by atoms with E-state index in [1.807, 2.05) is 24.3 Å². The van der Waals surface area contributed by atoms with E-state index in [0.717, 1.165) is 10.9 Å². The van der Waals surface area contributed by atoms with Gasteiger partial charge in [-0.25, -0.2) is 4.79 Å². The molecule has 0 aliphatic rings. The Labute approximate surface area is 125 Å². The topological polar surface area (TPSA) is 106 Å². The molecule has 0 aliphatic carbocycles. The lowest BCUT2D eigenvalue weighted by atomic mass is 9.99. The standard InChI is InChI=1S/C16H14N2O4/c1-2-9-13(18-15(20)11(14(9)19)16(21)22)10-5-3-4-8-6-7-17-12(8)10/h3-7,17H,2H2,1H3,(H,21,22)(H2,18,19,20). The van der Waals surface area contributed by atoms with Crippen molar-refractivity contribution in [2.24, 2.45) is 0 Å². The van der Waals surface area contributed by atoms with Gasteiger partial charge in [0.2, 0.25) is 0 Å². The molecule has 0 amide bonds. The van der Waals surface area contributed by atoms with Crippen molar-refractivity contribution >= 4 is 16.9 Å². The van der Waals surface area contributed by atoms with Gasteiger partial charge in [0.05, 0.1) is 11.2 Å². The average Bonchev–Trinajstić information content (AvgIpc) is 2.94. The Hall–Kier alpha value is -3.02. The normalized spacial score (nSPS) is 11.0. The number of H-pyrrole nitrogens is 2. The third-order valence-corrected chi connectivity index (χ3v) is 3.71. The number of carbonyl (C=O) groups is 1. The van der Waals surface area contributed by atoms with Gasteiger partial charge in [-0.15, -0.1) is 0 Å². The third-order valence-electron chi connectivity index (χ3n) is 3.71. The maximum absolute atomic E-state index is 12.0. The molecule has 4 N–H and O–H groups in total. The number of aromatic hydroxyl groups is 1. The zero-order valence-corrected chi connectivity index (χ0v) is 11.8. The highest BCUT2D eigenvalue weighted by molar-refractivity contribution is 5.96. The number of hydrogen-bond acceptors (Lipinski definition) is 3. The number of aromatic carboxylic acids is 1. The minimum Gasteiger partial charge on any atom is -0.506 e. The first kappa shape index (κ1) is 13.9. The van der Waals surface area contributed by atoms with Crippen molar-refractivity contribution in [3.63, 3.8) is 0 Å². The van der Waals surface area contributed by atoms with Gasteiger partial charge in [0.15, 0.2) is 5.56 Å². The molecule has 0 unspecified atom stereocenters. The number of carboxylic acid groups (broad SMARTS) is 1. The first-order valence-corrected chi connectivity index (χ1v) is 6.82. The van der Waals surface area contributed by atoms with Crippen molar-refractivity contribution in [3.8, 4) is 17.0 Å². The van der Waals surface area contributed by atoms with Gasteiger partial charge in [0, 0.05) is 22.7 Å². The van der Waals surface area contributed by atoms with Crippen molar-refractivity contribution in [3.05, 3.63) is 51.9 Å². The number of hydrogen-bond donors (Lipinski definition) is 4. The minimum atomic E-state index is -1.45. The van der Waals surface area contributed by atoms with E-state index in [1.54, 1.807) is 13.1 Å². The number of carboxylic acids is 1. The molecule has 0 aliphatic heterocycles. The summed E-state index contributed by atoms with van der Waals surface area (Å²) in [5.41, 5.74) is 0.918. The van der Waals surface area contributed by atoms with E-state index in [9.17, 15) is 14.7 Å².